The maximum atomic E-state index is 14.5. The Bertz CT molecular complexity index is 580. The third kappa shape index (κ3) is 4.05. The fourth-order valence-electron chi connectivity index (χ4n) is 3.38. The van der Waals surface area contributed by atoms with E-state index in [2.05, 4.69) is 5.32 Å². The summed E-state index contributed by atoms with van der Waals surface area (Å²) in [4.78, 5) is 14.0. The van der Waals surface area contributed by atoms with E-state index in [9.17, 15) is 9.18 Å². The Morgan fingerprint density at radius 1 is 1.33 bits per heavy atom. The summed E-state index contributed by atoms with van der Waals surface area (Å²) in [6, 6.07) is 5.14. The summed E-state index contributed by atoms with van der Waals surface area (Å²) in [7, 11) is 0. The van der Waals surface area contributed by atoms with Crippen molar-refractivity contribution in [2.45, 2.75) is 51.5 Å². The summed E-state index contributed by atoms with van der Waals surface area (Å²) in [6.45, 7) is 6.29. The molecule has 1 amide bonds. The van der Waals surface area contributed by atoms with Crippen LogP contribution in [0.25, 0.3) is 0 Å². The van der Waals surface area contributed by atoms with E-state index in [0.717, 1.165) is 18.4 Å². The van der Waals surface area contributed by atoms with E-state index in [1.807, 2.05) is 24.8 Å². The average molecular weight is 336 g/mol. The highest BCUT2D eigenvalue weighted by molar-refractivity contribution is 5.80. The van der Waals surface area contributed by atoms with Crippen LogP contribution in [-0.4, -0.2) is 43.9 Å². The Hall–Kier alpha value is -1.66. The number of carbonyl (C=O) groups is 1. The molecule has 0 aliphatic carbocycles. The number of anilines is 1. The van der Waals surface area contributed by atoms with Crippen molar-refractivity contribution in [1.82, 2.24) is 5.32 Å². The van der Waals surface area contributed by atoms with Crippen molar-refractivity contribution in [2.75, 3.05) is 24.6 Å². The van der Waals surface area contributed by atoms with E-state index in [1.54, 1.807) is 6.07 Å². The highest BCUT2D eigenvalue weighted by Gasteiger charge is 2.25. The van der Waals surface area contributed by atoms with Gasteiger partial charge in [-0.25, -0.2) is 4.39 Å². The van der Waals surface area contributed by atoms with Gasteiger partial charge in [-0.2, -0.15) is 0 Å². The van der Waals surface area contributed by atoms with Gasteiger partial charge in [0, 0.05) is 26.2 Å². The number of hydrogen-bond donors (Lipinski definition) is 1. The lowest BCUT2D eigenvalue weighted by Gasteiger charge is -2.37. The molecule has 2 aliphatic heterocycles. The largest absolute Gasteiger partial charge is 0.372 e. The topological polar surface area (TPSA) is 50.8 Å². The lowest BCUT2D eigenvalue weighted by molar-refractivity contribution is -0.130. The Kier molecular flexibility index (Phi) is 5.36. The van der Waals surface area contributed by atoms with E-state index in [1.165, 1.54) is 6.07 Å². The smallest absolute Gasteiger partial charge is 0.249 e. The van der Waals surface area contributed by atoms with Gasteiger partial charge < -0.3 is 19.7 Å². The van der Waals surface area contributed by atoms with Crippen molar-refractivity contribution in [2.24, 2.45) is 0 Å². The van der Waals surface area contributed by atoms with Crippen LogP contribution < -0.4 is 10.2 Å². The molecule has 0 radical (unpaired) electrons. The summed E-state index contributed by atoms with van der Waals surface area (Å²) < 4.78 is 25.5. The predicted octanol–water partition coefficient (Wildman–Crippen LogP) is 2.23. The summed E-state index contributed by atoms with van der Waals surface area (Å²) in [5.74, 6) is -0.382. The van der Waals surface area contributed by atoms with Gasteiger partial charge in [-0.05, 0) is 44.4 Å². The number of hydrogen-bond acceptors (Lipinski definition) is 4. The van der Waals surface area contributed by atoms with Crippen LogP contribution in [0.2, 0.25) is 0 Å². The summed E-state index contributed by atoms with van der Waals surface area (Å²) in [5, 5.41) is 2.82. The Morgan fingerprint density at radius 3 is 2.71 bits per heavy atom. The molecule has 24 heavy (non-hydrogen) atoms. The Morgan fingerprint density at radius 2 is 2.08 bits per heavy atom. The zero-order valence-corrected chi connectivity index (χ0v) is 14.3. The van der Waals surface area contributed by atoms with E-state index >= 15 is 0 Å². The second kappa shape index (κ2) is 7.49. The third-order valence-corrected chi connectivity index (χ3v) is 4.46. The molecule has 2 fully saturated rings. The maximum absolute atomic E-state index is 14.5. The SMILES string of the molecule is C[C@@H]1CN(c2ccc(CNC(=O)[C@H]3CCCO3)cc2F)C[C@H](C)O1. The molecule has 132 valence electrons. The summed E-state index contributed by atoms with van der Waals surface area (Å²) in [5.41, 5.74) is 1.34. The number of nitrogens with zero attached hydrogens (tertiary/aromatic N) is 1. The van der Waals surface area contributed by atoms with Gasteiger partial charge >= 0.3 is 0 Å². The zero-order chi connectivity index (χ0) is 17.1. The van der Waals surface area contributed by atoms with Crippen LogP contribution in [0.15, 0.2) is 18.2 Å². The number of benzene rings is 1. The van der Waals surface area contributed by atoms with Gasteiger partial charge in [0.2, 0.25) is 5.91 Å². The van der Waals surface area contributed by atoms with Crippen LogP contribution in [-0.2, 0) is 20.8 Å². The van der Waals surface area contributed by atoms with Crippen LogP contribution >= 0.6 is 0 Å². The van der Waals surface area contributed by atoms with E-state index in [-0.39, 0.29) is 30.0 Å². The normalized spacial score (nSPS) is 27.3. The van der Waals surface area contributed by atoms with E-state index in [0.29, 0.717) is 31.9 Å². The van der Waals surface area contributed by atoms with Gasteiger partial charge in [-0.15, -0.1) is 0 Å². The second-order valence-electron chi connectivity index (χ2n) is 6.67. The molecule has 0 saturated carbocycles. The molecule has 6 heteroatoms. The number of rotatable bonds is 4. The minimum atomic E-state index is -0.356. The first-order valence-electron chi connectivity index (χ1n) is 8.61. The molecule has 3 rings (SSSR count). The summed E-state index contributed by atoms with van der Waals surface area (Å²) >= 11 is 0. The predicted molar refractivity (Wildman–Crippen MR) is 89.4 cm³/mol. The third-order valence-electron chi connectivity index (χ3n) is 4.46. The monoisotopic (exact) mass is 336 g/mol. The molecule has 2 heterocycles. The van der Waals surface area contributed by atoms with Crippen LogP contribution in [0.3, 0.4) is 0 Å². The number of ether oxygens (including phenoxy) is 2. The number of carbonyl (C=O) groups excluding carboxylic acids is 1. The van der Waals surface area contributed by atoms with Gasteiger partial charge in [0.15, 0.2) is 0 Å². The summed E-state index contributed by atoms with van der Waals surface area (Å²) in [6.07, 6.45) is 1.48. The number of nitrogens with one attached hydrogen (secondary N) is 1. The number of halogens is 1. The first kappa shape index (κ1) is 17.2. The first-order chi connectivity index (χ1) is 11.5. The Balaban J connectivity index is 1.61. The molecule has 1 aromatic rings. The standard InChI is InChI=1S/C18H25FN2O3/c1-12-10-21(11-13(2)24-12)16-6-5-14(8-15(16)19)9-20-18(22)17-4-3-7-23-17/h5-6,8,12-13,17H,3-4,7,9-11H2,1-2H3,(H,20,22)/t12-,13+,17-/m1/s1. The molecule has 5 nitrogen and oxygen atoms in total. The molecule has 0 aromatic heterocycles. The molecule has 2 saturated heterocycles. The highest BCUT2D eigenvalue weighted by atomic mass is 19.1. The van der Waals surface area contributed by atoms with Crippen LogP contribution in [0.4, 0.5) is 10.1 Å². The van der Waals surface area contributed by atoms with Crippen molar-refractivity contribution in [3.63, 3.8) is 0 Å². The molecule has 2 aliphatic rings. The fourth-order valence-corrected chi connectivity index (χ4v) is 3.38. The molecule has 0 bridgehead atoms. The van der Waals surface area contributed by atoms with Crippen molar-refractivity contribution in [1.29, 1.82) is 0 Å². The van der Waals surface area contributed by atoms with Crippen LogP contribution in [0, 0.1) is 5.82 Å². The minimum absolute atomic E-state index is 0.0820. The molecule has 1 N–H and O–H groups in total. The quantitative estimate of drug-likeness (QED) is 0.916. The van der Waals surface area contributed by atoms with E-state index in [4.69, 9.17) is 9.47 Å². The molecule has 0 spiro atoms. The minimum Gasteiger partial charge on any atom is -0.372 e. The number of amides is 1. The molecular formula is C18H25FN2O3. The second-order valence-corrected chi connectivity index (χ2v) is 6.67. The van der Waals surface area contributed by atoms with E-state index < -0.39 is 0 Å². The van der Waals surface area contributed by atoms with Gasteiger partial charge in [-0.1, -0.05) is 6.07 Å². The van der Waals surface area contributed by atoms with Crippen molar-refractivity contribution in [3.05, 3.63) is 29.6 Å². The van der Waals surface area contributed by atoms with Crippen LogP contribution in [0.5, 0.6) is 0 Å². The zero-order valence-electron chi connectivity index (χ0n) is 14.3. The average Bonchev–Trinajstić information content (AvgIpc) is 3.06. The van der Waals surface area contributed by atoms with Crippen LogP contribution in [0.1, 0.15) is 32.3 Å². The Labute approximate surface area is 142 Å². The molecule has 0 unspecified atom stereocenters. The molecule has 1 aromatic carbocycles. The fraction of sp³-hybridized carbons (Fsp3) is 0.611. The highest BCUT2D eigenvalue weighted by Crippen LogP contribution is 2.24. The lowest BCUT2D eigenvalue weighted by atomic mass is 10.1. The van der Waals surface area contributed by atoms with Crippen molar-refractivity contribution < 1.29 is 18.7 Å². The van der Waals surface area contributed by atoms with Gasteiger partial charge in [0.25, 0.3) is 0 Å². The molecule has 3 atom stereocenters. The van der Waals surface area contributed by atoms with Gasteiger partial charge in [0.1, 0.15) is 11.9 Å². The lowest BCUT2D eigenvalue weighted by Crippen LogP contribution is -2.45. The number of morpholine rings is 1. The maximum Gasteiger partial charge on any atom is 0.249 e. The molecular weight excluding hydrogens is 311 g/mol. The van der Waals surface area contributed by atoms with Crippen molar-refractivity contribution in [3.8, 4) is 0 Å². The first-order valence-corrected chi connectivity index (χ1v) is 8.61. The van der Waals surface area contributed by atoms with Gasteiger partial charge in [0.05, 0.1) is 17.9 Å². The van der Waals surface area contributed by atoms with Crippen molar-refractivity contribution >= 4 is 11.6 Å². The van der Waals surface area contributed by atoms with Gasteiger partial charge in [-0.3, -0.25) is 4.79 Å².